The van der Waals surface area contributed by atoms with Crippen LogP contribution < -0.4 is 15.0 Å². The SMILES string of the molecule is CCOc1ccc(-c2ccc(=O)n(CC(=O)N3N=C(c4cccs4)CC3c3ccc(OC)cc3)n2)cc1. The van der Waals surface area contributed by atoms with Crippen LogP contribution in [0.5, 0.6) is 11.5 Å². The lowest BCUT2D eigenvalue weighted by atomic mass is 10.0. The Bertz CT molecular complexity index is 1460. The molecule has 0 spiro atoms. The molecule has 0 fully saturated rings. The zero-order valence-corrected chi connectivity index (χ0v) is 21.4. The first kappa shape index (κ1) is 24.5. The van der Waals surface area contributed by atoms with E-state index in [4.69, 9.17) is 9.47 Å². The number of hydrogen-bond donors (Lipinski definition) is 0. The summed E-state index contributed by atoms with van der Waals surface area (Å²) in [6.45, 7) is 2.28. The fourth-order valence-corrected chi connectivity index (χ4v) is 4.94. The molecule has 1 unspecified atom stereocenters. The van der Waals surface area contributed by atoms with E-state index in [-0.39, 0.29) is 24.1 Å². The summed E-state index contributed by atoms with van der Waals surface area (Å²) in [5.74, 6) is 1.18. The van der Waals surface area contributed by atoms with Crippen molar-refractivity contribution in [1.82, 2.24) is 14.8 Å². The van der Waals surface area contributed by atoms with Gasteiger partial charge in [-0.2, -0.15) is 10.2 Å². The average Bonchev–Trinajstić information content (AvgIpc) is 3.61. The van der Waals surface area contributed by atoms with Crippen molar-refractivity contribution >= 4 is 23.0 Å². The molecule has 1 aliphatic rings. The highest BCUT2D eigenvalue weighted by molar-refractivity contribution is 7.12. The summed E-state index contributed by atoms with van der Waals surface area (Å²) >= 11 is 1.58. The number of carbonyl (C=O) groups excluding carboxylic acids is 1. The molecule has 9 heteroatoms. The predicted molar refractivity (Wildman–Crippen MR) is 143 cm³/mol. The van der Waals surface area contributed by atoms with E-state index in [0.29, 0.717) is 18.7 Å². The maximum Gasteiger partial charge on any atom is 0.267 e. The van der Waals surface area contributed by atoms with Gasteiger partial charge in [-0.15, -0.1) is 11.3 Å². The van der Waals surface area contributed by atoms with Crippen LogP contribution in [0.3, 0.4) is 0 Å². The summed E-state index contributed by atoms with van der Waals surface area (Å²) in [6, 6.07) is 21.8. The second-order valence-electron chi connectivity index (χ2n) is 8.43. The molecule has 8 nitrogen and oxygen atoms in total. The van der Waals surface area contributed by atoms with Gasteiger partial charge in [0.1, 0.15) is 18.0 Å². The third-order valence-electron chi connectivity index (χ3n) is 6.08. The molecule has 0 N–H and O–H groups in total. The molecular weight excluding hydrogens is 488 g/mol. The minimum absolute atomic E-state index is 0.225. The molecule has 37 heavy (non-hydrogen) atoms. The molecular formula is C28H26N4O4S. The first-order valence-corrected chi connectivity index (χ1v) is 12.8. The summed E-state index contributed by atoms with van der Waals surface area (Å²) in [4.78, 5) is 27.2. The van der Waals surface area contributed by atoms with E-state index in [1.54, 1.807) is 24.5 Å². The van der Waals surface area contributed by atoms with E-state index >= 15 is 0 Å². The number of amides is 1. The van der Waals surface area contributed by atoms with Gasteiger partial charge in [-0.25, -0.2) is 9.69 Å². The lowest BCUT2D eigenvalue weighted by Crippen LogP contribution is -2.34. The minimum atomic E-state index is -0.356. The van der Waals surface area contributed by atoms with Gasteiger partial charge in [0.25, 0.3) is 11.5 Å². The first-order valence-electron chi connectivity index (χ1n) is 11.9. The summed E-state index contributed by atoms with van der Waals surface area (Å²) < 4.78 is 12.0. The highest BCUT2D eigenvalue weighted by atomic mass is 32.1. The third-order valence-corrected chi connectivity index (χ3v) is 7.00. The number of methoxy groups -OCH3 is 1. The van der Waals surface area contributed by atoms with Gasteiger partial charge in [0.2, 0.25) is 0 Å². The molecule has 0 saturated heterocycles. The number of aromatic nitrogens is 2. The lowest BCUT2D eigenvalue weighted by Gasteiger charge is -2.22. The fourth-order valence-electron chi connectivity index (χ4n) is 4.22. The van der Waals surface area contributed by atoms with Gasteiger partial charge in [-0.05, 0) is 66.4 Å². The van der Waals surface area contributed by atoms with Gasteiger partial charge >= 0.3 is 0 Å². The van der Waals surface area contributed by atoms with E-state index < -0.39 is 0 Å². The largest absolute Gasteiger partial charge is 0.497 e. The molecule has 0 radical (unpaired) electrons. The second-order valence-corrected chi connectivity index (χ2v) is 9.37. The topological polar surface area (TPSA) is 86.0 Å². The van der Waals surface area contributed by atoms with Crippen molar-refractivity contribution in [2.24, 2.45) is 5.10 Å². The number of hydrogen-bond acceptors (Lipinski definition) is 7. The number of nitrogens with zero attached hydrogens (tertiary/aromatic N) is 4. The maximum absolute atomic E-state index is 13.5. The fraction of sp³-hybridized carbons (Fsp3) is 0.214. The van der Waals surface area contributed by atoms with Crippen LogP contribution in [0, 0.1) is 0 Å². The standard InChI is InChI=1S/C28H26N4O4S/c1-3-36-22-12-6-19(7-13-22)23-14-15-27(33)31(29-23)18-28(34)32-25(20-8-10-21(35-2)11-9-20)17-24(30-32)26-5-4-16-37-26/h4-16,25H,3,17-18H2,1-2H3. The van der Waals surface area contributed by atoms with Crippen LogP contribution in [0.15, 0.2) is 88.1 Å². The Kier molecular flexibility index (Phi) is 7.14. The zero-order valence-electron chi connectivity index (χ0n) is 20.5. The van der Waals surface area contributed by atoms with Crippen molar-refractivity contribution in [3.8, 4) is 22.8 Å². The Morgan fingerprint density at radius 1 is 1.03 bits per heavy atom. The molecule has 188 valence electrons. The van der Waals surface area contributed by atoms with Gasteiger partial charge in [0.05, 0.1) is 36.0 Å². The normalized spacial score (nSPS) is 14.9. The molecule has 0 saturated carbocycles. The van der Waals surface area contributed by atoms with E-state index in [1.165, 1.54) is 15.8 Å². The molecule has 3 heterocycles. The Balaban J connectivity index is 1.42. The number of hydrazone groups is 1. The highest BCUT2D eigenvalue weighted by Gasteiger charge is 2.33. The van der Waals surface area contributed by atoms with Crippen molar-refractivity contribution in [3.05, 3.63) is 99.0 Å². The molecule has 2 aromatic heterocycles. The summed E-state index contributed by atoms with van der Waals surface area (Å²) in [5, 5.41) is 12.6. The number of carbonyl (C=O) groups is 1. The highest BCUT2D eigenvalue weighted by Crippen LogP contribution is 2.34. The predicted octanol–water partition coefficient (Wildman–Crippen LogP) is 4.76. The Hall–Kier alpha value is -4.24. The Morgan fingerprint density at radius 2 is 1.78 bits per heavy atom. The monoisotopic (exact) mass is 514 g/mol. The maximum atomic E-state index is 13.5. The van der Waals surface area contributed by atoms with Crippen LogP contribution in [-0.2, 0) is 11.3 Å². The lowest BCUT2D eigenvalue weighted by molar-refractivity contribution is -0.133. The quantitative estimate of drug-likeness (QED) is 0.339. The van der Waals surface area contributed by atoms with Crippen molar-refractivity contribution in [3.63, 3.8) is 0 Å². The van der Waals surface area contributed by atoms with Crippen LogP contribution >= 0.6 is 11.3 Å². The van der Waals surface area contributed by atoms with Crippen LogP contribution in [0.1, 0.15) is 29.8 Å². The molecule has 4 aromatic rings. The van der Waals surface area contributed by atoms with Crippen LogP contribution in [0.4, 0.5) is 0 Å². The van der Waals surface area contributed by atoms with Gasteiger partial charge in [-0.1, -0.05) is 18.2 Å². The van der Waals surface area contributed by atoms with Crippen molar-refractivity contribution in [1.29, 1.82) is 0 Å². The second kappa shape index (κ2) is 10.8. The summed E-state index contributed by atoms with van der Waals surface area (Å²) in [6.07, 6.45) is 0.577. The van der Waals surface area contributed by atoms with Crippen molar-refractivity contribution in [2.45, 2.75) is 25.9 Å². The van der Waals surface area contributed by atoms with E-state index in [9.17, 15) is 9.59 Å². The van der Waals surface area contributed by atoms with E-state index in [0.717, 1.165) is 33.2 Å². The summed E-state index contributed by atoms with van der Waals surface area (Å²) in [7, 11) is 1.62. The molecule has 2 aromatic carbocycles. The van der Waals surface area contributed by atoms with Gasteiger partial charge in [0.15, 0.2) is 0 Å². The molecule has 0 bridgehead atoms. The van der Waals surface area contributed by atoms with E-state index in [2.05, 4.69) is 10.2 Å². The number of thiophene rings is 1. The molecule has 5 rings (SSSR count). The van der Waals surface area contributed by atoms with Gasteiger partial charge in [-0.3, -0.25) is 9.59 Å². The third kappa shape index (κ3) is 5.31. The Morgan fingerprint density at radius 3 is 2.46 bits per heavy atom. The minimum Gasteiger partial charge on any atom is -0.497 e. The van der Waals surface area contributed by atoms with Gasteiger partial charge < -0.3 is 9.47 Å². The van der Waals surface area contributed by atoms with Crippen LogP contribution in [-0.4, -0.2) is 40.1 Å². The molecule has 1 atom stereocenters. The molecule has 1 aliphatic heterocycles. The smallest absolute Gasteiger partial charge is 0.267 e. The average molecular weight is 515 g/mol. The van der Waals surface area contributed by atoms with E-state index in [1.807, 2.05) is 73.0 Å². The van der Waals surface area contributed by atoms with Crippen LogP contribution in [0.25, 0.3) is 11.3 Å². The zero-order chi connectivity index (χ0) is 25.8. The van der Waals surface area contributed by atoms with Crippen molar-refractivity contribution in [2.75, 3.05) is 13.7 Å². The molecule has 1 amide bonds. The number of benzene rings is 2. The number of rotatable bonds is 8. The molecule has 0 aliphatic carbocycles. The van der Waals surface area contributed by atoms with Crippen molar-refractivity contribution < 1.29 is 14.3 Å². The van der Waals surface area contributed by atoms with Crippen LogP contribution in [0.2, 0.25) is 0 Å². The Labute approximate surface area is 218 Å². The van der Waals surface area contributed by atoms with Gasteiger partial charge in [0, 0.05) is 18.1 Å². The first-order chi connectivity index (χ1) is 18.1. The summed E-state index contributed by atoms with van der Waals surface area (Å²) in [5.41, 5.74) is 2.83. The number of ether oxygens (including phenoxy) is 2.